The quantitative estimate of drug-likeness (QED) is 0.856. The molecule has 21 heavy (non-hydrogen) atoms. The Balaban J connectivity index is 2.49. The van der Waals surface area contributed by atoms with E-state index in [0.29, 0.717) is 11.3 Å². The van der Waals surface area contributed by atoms with E-state index >= 15 is 0 Å². The van der Waals surface area contributed by atoms with Gasteiger partial charge in [-0.05, 0) is 43.2 Å². The largest absolute Gasteiger partial charge is 0.394 e. The van der Waals surface area contributed by atoms with Crippen LogP contribution in [0.15, 0.2) is 35.2 Å². The molecule has 0 aliphatic rings. The summed E-state index contributed by atoms with van der Waals surface area (Å²) in [5.74, 6) is -2.30. The second-order valence-corrected chi connectivity index (χ2v) is 6.35. The zero-order valence-electron chi connectivity index (χ0n) is 11.4. The first kappa shape index (κ1) is 15.2. The van der Waals surface area contributed by atoms with Gasteiger partial charge < -0.3 is 5.73 Å². The standard InChI is InChI=1S/C14H14F2N2O2S/c1-8-3-4-9(2)11(7-8)18-21(19,20)12-6-5-10(15)14(17)13(12)16/h3-7,18H,17H2,1-2H3. The van der Waals surface area contributed by atoms with E-state index in [0.717, 1.165) is 17.7 Å². The van der Waals surface area contributed by atoms with Crippen molar-refractivity contribution < 1.29 is 17.2 Å². The van der Waals surface area contributed by atoms with Crippen molar-refractivity contribution >= 4 is 21.4 Å². The summed E-state index contributed by atoms with van der Waals surface area (Å²) >= 11 is 0. The number of nitrogens with one attached hydrogen (secondary N) is 1. The van der Waals surface area contributed by atoms with E-state index in [1.807, 2.05) is 6.07 Å². The van der Waals surface area contributed by atoms with Gasteiger partial charge in [0.2, 0.25) is 0 Å². The Morgan fingerprint density at radius 3 is 2.43 bits per heavy atom. The van der Waals surface area contributed by atoms with Crippen molar-refractivity contribution in [2.75, 3.05) is 10.5 Å². The van der Waals surface area contributed by atoms with Crippen LogP contribution in [-0.4, -0.2) is 8.42 Å². The molecule has 0 spiro atoms. The number of halogens is 2. The number of aryl methyl sites for hydroxylation is 2. The summed E-state index contributed by atoms with van der Waals surface area (Å²) in [6.07, 6.45) is 0. The number of rotatable bonds is 3. The Hall–Kier alpha value is -2.15. The Bertz CT molecular complexity index is 805. The van der Waals surface area contributed by atoms with Crippen LogP contribution in [0.4, 0.5) is 20.2 Å². The summed E-state index contributed by atoms with van der Waals surface area (Å²) in [7, 11) is -4.19. The van der Waals surface area contributed by atoms with Crippen molar-refractivity contribution in [2.45, 2.75) is 18.7 Å². The second-order valence-electron chi connectivity index (χ2n) is 4.70. The Morgan fingerprint density at radius 2 is 1.76 bits per heavy atom. The second kappa shape index (κ2) is 5.33. The van der Waals surface area contributed by atoms with Gasteiger partial charge in [0.25, 0.3) is 10.0 Å². The average molecular weight is 312 g/mol. The zero-order valence-corrected chi connectivity index (χ0v) is 12.3. The maximum atomic E-state index is 13.9. The van der Waals surface area contributed by atoms with E-state index in [-0.39, 0.29) is 0 Å². The fraction of sp³-hybridized carbons (Fsp3) is 0.143. The predicted octanol–water partition coefficient (Wildman–Crippen LogP) is 2.96. The van der Waals surface area contributed by atoms with Crippen LogP contribution in [0, 0.1) is 25.5 Å². The Morgan fingerprint density at radius 1 is 1.10 bits per heavy atom. The zero-order chi connectivity index (χ0) is 15.8. The van der Waals surface area contributed by atoms with Gasteiger partial charge in [-0.1, -0.05) is 12.1 Å². The molecule has 0 unspecified atom stereocenters. The van der Waals surface area contributed by atoms with Crippen LogP contribution in [-0.2, 0) is 10.0 Å². The number of nitrogens with two attached hydrogens (primary N) is 1. The summed E-state index contributed by atoms with van der Waals surface area (Å²) in [5.41, 5.74) is 6.22. The minimum Gasteiger partial charge on any atom is -0.394 e. The van der Waals surface area contributed by atoms with E-state index in [9.17, 15) is 17.2 Å². The molecule has 0 amide bonds. The smallest absolute Gasteiger partial charge is 0.264 e. The summed E-state index contributed by atoms with van der Waals surface area (Å²) < 4.78 is 53.7. The van der Waals surface area contributed by atoms with Crippen LogP contribution in [0.2, 0.25) is 0 Å². The molecule has 2 rings (SSSR count). The van der Waals surface area contributed by atoms with Gasteiger partial charge in [0, 0.05) is 0 Å². The molecule has 0 saturated heterocycles. The number of nitrogen functional groups attached to an aromatic ring is 1. The molecular weight excluding hydrogens is 298 g/mol. The number of anilines is 2. The maximum absolute atomic E-state index is 13.9. The molecule has 2 aromatic rings. The third-order valence-corrected chi connectivity index (χ3v) is 4.40. The molecular formula is C14H14F2N2O2S. The summed E-state index contributed by atoms with van der Waals surface area (Å²) in [6.45, 7) is 3.51. The average Bonchev–Trinajstić information content (AvgIpc) is 2.39. The van der Waals surface area contributed by atoms with Crippen LogP contribution in [0.25, 0.3) is 0 Å². The van der Waals surface area contributed by atoms with Crippen LogP contribution in [0.1, 0.15) is 11.1 Å². The van der Waals surface area contributed by atoms with Crippen LogP contribution in [0.3, 0.4) is 0 Å². The summed E-state index contributed by atoms with van der Waals surface area (Å²) in [4.78, 5) is -0.692. The lowest BCUT2D eigenvalue weighted by Gasteiger charge is -2.12. The minimum atomic E-state index is -4.19. The third kappa shape index (κ3) is 2.97. The molecule has 0 bridgehead atoms. The number of sulfonamides is 1. The van der Waals surface area contributed by atoms with E-state index in [4.69, 9.17) is 5.73 Å². The first-order valence-corrected chi connectivity index (χ1v) is 7.54. The first-order chi connectivity index (χ1) is 9.72. The van der Waals surface area contributed by atoms with E-state index in [1.54, 1.807) is 26.0 Å². The molecule has 4 nitrogen and oxygen atoms in total. The van der Waals surface area contributed by atoms with Gasteiger partial charge in [0.05, 0.1) is 5.69 Å². The molecule has 0 fully saturated rings. The molecule has 112 valence electrons. The van der Waals surface area contributed by atoms with E-state index in [2.05, 4.69) is 4.72 Å². The molecule has 2 aromatic carbocycles. The van der Waals surface area contributed by atoms with Crippen molar-refractivity contribution in [3.63, 3.8) is 0 Å². The van der Waals surface area contributed by atoms with Crippen molar-refractivity contribution in [1.29, 1.82) is 0 Å². The van der Waals surface area contributed by atoms with Gasteiger partial charge in [-0.15, -0.1) is 0 Å². The lowest BCUT2D eigenvalue weighted by molar-refractivity contribution is 0.557. The van der Waals surface area contributed by atoms with Gasteiger partial charge in [-0.2, -0.15) is 0 Å². The van der Waals surface area contributed by atoms with Crippen LogP contribution >= 0.6 is 0 Å². The third-order valence-electron chi connectivity index (χ3n) is 3.02. The van der Waals surface area contributed by atoms with Crippen molar-refractivity contribution in [2.24, 2.45) is 0 Å². The Labute approximate surface area is 121 Å². The van der Waals surface area contributed by atoms with Crippen molar-refractivity contribution in [3.05, 3.63) is 53.1 Å². The van der Waals surface area contributed by atoms with Crippen LogP contribution < -0.4 is 10.5 Å². The first-order valence-electron chi connectivity index (χ1n) is 6.06. The summed E-state index contributed by atoms with van der Waals surface area (Å²) in [6, 6.07) is 6.84. The van der Waals surface area contributed by atoms with Crippen molar-refractivity contribution in [3.8, 4) is 0 Å². The SMILES string of the molecule is Cc1ccc(C)c(NS(=O)(=O)c2ccc(F)c(N)c2F)c1. The van der Waals surface area contributed by atoms with E-state index in [1.165, 1.54) is 0 Å². The molecule has 3 N–H and O–H groups in total. The van der Waals surface area contributed by atoms with Gasteiger partial charge in [-0.25, -0.2) is 17.2 Å². The summed E-state index contributed by atoms with van der Waals surface area (Å²) in [5, 5.41) is 0. The van der Waals surface area contributed by atoms with Crippen molar-refractivity contribution in [1.82, 2.24) is 0 Å². The highest BCUT2D eigenvalue weighted by molar-refractivity contribution is 7.92. The van der Waals surface area contributed by atoms with Gasteiger partial charge in [0.15, 0.2) is 5.82 Å². The molecule has 0 radical (unpaired) electrons. The maximum Gasteiger partial charge on any atom is 0.264 e. The lowest BCUT2D eigenvalue weighted by Crippen LogP contribution is -2.16. The number of benzene rings is 2. The molecule has 7 heteroatoms. The fourth-order valence-electron chi connectivity index (χ4n) is 1.80. The van der Waals surface area contributed by atoms with E-state index < -0.39 is 32.2 Å². The predicted molar refractivity (Wildman–Crippen MR) is 77.5 cm³/mol. The topological polar surface area (TPSA) is 72.2 Å². The number of hydrogen-bond donors (Lipinski definition) is 2. The van der Waals surface area contributed by atoms with Crippen LogP contribution in [0.5, 0.6) is 0 Å². The highest BCUT2D eigenvalue weighted by Gasteiger charge is 2.23. The highest BCUT2D eigenvalue weighted by Crippen LogP contribution is 2.26. The molecule has 0 saturated carbocycles. The fourth-order valence-corrected chi connectivity index (χ4v) is 3.01. The minimum absolute atomic E-state index is 0.331. The molecule has 0 aliphatic heterocycles. The molecule has 0 heterocycles. The number of hydrogen-bond acceptors (Lipinski definition) is 3. The Kier molecular flexibility index (Phi) is 3.87. The molecule has 0 atom stereocenters. The molecule has 0 aromatic heterocycles. The van der Waals surface area contributed by atoms with Gasteiger partial charge in [0.1, 0.15) is 16.4 Å². The van der Waals surface area contributed by atoms with Gasteiger partial charge >= 0.3 is 0 Å². The van der Waals surface area contributed by atoms with Gasteiger partial charge in [-0.3, -0.25) is 4.72 Å². The monoisotopic (exact) mass is 312 g/mol. The highest BCUT2D eigenvalue weighted by atomic mass is 32.2. The lowest BCUT2D eigenvalue weighted by atomic mass is 10.1. The molecule has 0 aliphatic carbocycles. The normalized spacial score (nSPS) is 11.4.